The van der Waals surface area contributed by atoms with Crippen LogP contribution in [0.1, 0.15) is 52.7 Å². The molecule has 33 heavy (non-hydrogen) atoms. The summed E-state index contributed by atoms with van der Waals surface area (Å²) in [4.78, 5) is 16.5. The number of aliphatic hydroxyl groups excluding tert-OH is 2. The molecule has 3 heterocycles. The molecule has 10 nitrogen and oxygen atoms in total. The molecule has 2 aromatic heterocycles. The van der Waals surface area contributed by atoms with Gasteiger partial charge in [-0.3, -0.25) is 0 Å². The Hall–Kier alpha value is -2.69. The van der Waals surface area contributed by atoms with Gasteiger partial charge in [-0.05, 0) is 44.7 Å². The molecule has 0 saturated carbocycles. The standard InChI is InChI=1S/C23H32N4O6/c1-13(2)23(9-7-14(3)8-10-23)33-21(30)31-11-16-18(28)19(29)22(4,32-16)17-6-5-15-20(24)25-12-26-27(15)17/h5-7,12-13,16,18-19,28-29H,8-11H2,1-4H3,(H2,24,25,26)/t16-,18-,19-,22+,23?/m1/s1. The van der Waals surface area contributed by atoms with Crippen molar-refractivity contribution in [2.75, 3.05) is 12.3 Å². The van der Waals surface area contributed by atoms with E-state index >= 15 is 0 Å². The van der Waals surface area contributed by atoms with Crippen molar-refractivity contribution in [2.24, 2.45) is 5.92 Å². The number of fused-ring (bicyclic) bond motifs is 1. The van der Waals surface area contributed by atoms with Gasteiger partial charge in [-0.15, -0.1) is 0 Å². The number of aliphatic hydroxyl groups is 2. The average Bonchev–Trinajstić information content (AvgIpc) is 3.31. The van der Waals surface area contributed by atoms with E-state index in [1.807, 2.05) is 13.8 Å². The van der Waals surface area contributed by atoms with Crippen LogP contribution in [0.25, 0.3) is 5.52 Å². The minimum atomic E-state index is -1.31. The zero-order chi connectivity index (χ0) is 24.0. The van der Waals surface area contributed by atoms with Gasteiger partial charge in [0.25, 0.3) is 0 Å². The highest BCUT2D eigenvalue weighted by molar-refractivity contribution is 5.65. The predicted molar refractivity (Wildman–Crippen MR) is 119 cm³/mol. The maximum atomic E-state index is 12.5. The Morgan fingerprint density at radius 1 is 1.39 bits per heavy atom. The number of carbonyl (C=O) groups is 1. The van der Waals surface area contributed by atoms with Gasteiger partial charge in [-0.25, -0.2) is 14.3 Å². The van der Waals surface area contributed by atoms with Crippen LogP contribution in [0.2, 0.25) is 0 Å². The van der Waals surface area contributed by atoms with Gasteiger partial charge in [0.05, 0.1) is 5.69 Å². The van der Waals surface area contributed by atoms with Crippen molar-refractivity contribution in [3.63, 3.8) is 0 Å². The third kappa shape index (κ3) is 4.07. The first-order valence-electron chi connectivity index (χ1n) is 11.2. The van der Waals surface area contributed by atoms with Crippen LogP contribution in [-0.4, -0.2) is 61.5 Å². The summed E-state index contributed by atoms with van der Waals surface area (Å²) in [7, 11) is 0. The van der Waals surface area contributed by atoms with Gasteiger partial charge in [0, 0.05) is 6.42 Å². The number of rotatable bonds is 5. The van der Waals surface area contributed by atoms with Gasteiger partial charge in [-0.1, -0.05) is 25.5 Å². The van der Waals surface area contributed by atoms with Crippen molar-refractivity contribution in [1.82, 2.24) is 14.6 Å². The van der Waals surface area contributed by atoms with E-state index in [0.717, 1.165) is 12.8 Å². The normalized spacial score (nSPS) is 32.2. The Balaban J connectivity index is 1.45. The number of hydrogen-bond donors (Lipinski definition) is 3. The van der Waals surface area contributed by atoms with E-state index in [4.69, 9.17) is 19.9 Å². The Kier molecular flexibility index (Phi) is 6.10. The van der Waals surface area contributed by atoms with Gasteiger partial charge >= 0.3 is 6.16 Å². The van der Waals surface area contributed by atoms with E-state index in [-0.39, 0.29) is 18.3 Å². The smallest absolute Gasteiger partial charge is 0.431 e. The monoisotopic (exact) mass is 460 g/mol. The molecule has 2 aromatic rings. The number of ether oxygens (including phenoxy) is 3. The fraction of sp³-hybridized carbons (Fsp3) is 0.609. The second-order valence-electron chi connectivity index (χ2n) is 9.50. The molecule has 0 amide bonds. The third-order valence-electron chi connectivity index (χ3n) is 7.10. The fourth-order valence-corrected chi connectivity index (χ4v) is 4.70. The maximum absolute atomic E-state index is 12.5. The Bertz CT molecular complexity index is 1070. The summed E-state index contributed by atoms with van der Waals surface area (Å²) in [5.41, 5.74) is 6.29. The highest BCUT2D eigenvalue weighted by Crippen LogP contribution is 2.41. The topological polar surface area (TPSA) is 141 Å². The first kappa shape index (κ1) is 23.5. The molecule has 180 valence electrons. The number of carbonyl (C=O) groups excluding carboxylic acids is 1. The molecule has 10 heteroatoms. The zero-order valence-corrected chi connectivity index (χ0v) is 19.4. The largest absolute Gasteiger partial charge is 0.508 e. The zero-order valence-electron chi connectivity index (χ0n) is 19.4. The maximum Gasteiger partial charge on any atom is 0.508 e. The summed E-state index contributed by atoms with van der Waals surface area (Å²) in [6.45, 7) is 7.48. The summed E-state index contributed by atoms with van der Waals surface area (Å²) in [5, 5.41) is 25.6. The minimum Gasteiger partial charge on any atom is -0.431 e. The highest BCUT2D eigenvalue weighted by atomic mass is 16.7. The van der Waals surface area contributed by atoms with Crippen LogP contribution in [0.5, 0.6) is 0 Å². The van der Waals surface area contributed by atoms with Crippen LogP contribution in [-0.2, 0) is 19.8 Å². The molecule has 5 atom stereocenters. The minimum absolute atomic E-state index is 0.116. The summed E-state index contributed by atoms with van der Waals surface area (Å²) in [5.74, 6) is 0.396. The van der Waals surface area contributed by atoms with Crippen molar-refractivity contribution < 1.29 is 29.2 Å². The van der Waals surface area contributed by atoms with E-state index in [1.54, 1.807) is 19.1 Å². The SMILES string of the molecule is CC1=CCC(OC(=O)OC[C@H]2O[C@@](C)(c3ccc4c(N)ncnn34)[C@H](O)[C@@H]2O)(C(C)C)CC1. The molecule has 0 radical (unpaired) electrons. The molecular weight excluding hydrogens is 428 g/mol. The number of anilines is 1. The highest BCUT2D eigenvalue weighted by Gasteiger charge is 2.54. The van der Waals surface area contributed by atoms with Gasteiger partial charge in [0.1, 0.15) is 48.0 Å². The van der Waals surface area contributed by atoms with Crippen molar-refractivity contribution in [2.45, 2.75) is 76.5 Å². The number of nitrogen functional groups attached to an aromatic ring is 1. The molecule has 4 rings (SSSR count). The van der Waals surface area contributed by atoms with Gasteiger partial charge in [0.2, 0.25) is 0 Å². The second-order valence-corrected chi connectivity index (χ2v) is 9.50. The predicted octanol–water partition coefficient (Wildman–Crippen LogP) is 2.33. The van der Waals surface area contributed by atoms with Crippen molar-refractivity contribution in [3.05, 3.63) is 35.8 Å². The molecule has 0 aromatic carbocycles. The van der Waals surface area contributed by atoms with Crippen LogP contribution in [0.4, 0.5) is 10.6 Å². The van der Waals surface area contributed by atoms with Crippen molar-refractivity contribution in [3.8, 4) is 0 Å². The molecule has 2 aliphatic rings. The molecule has 1 fully saturated rings. The molecule has 1 saturated heterocycles. The summed E-state index contributed by atoms with van der Waals surface area (Å²) < 4.78 is 18.6. The van der Waals surface area contributed by atoms with E-state index in [1.165, 1.54) is 16.4 Å². The number of allylic oxidation sites excluding steroid dienone is 1. The average molecular weight is 461 g/mol. The summed E-state index contributed by atoms with van der Waals surface area (Å²) in [6, 6.07) is 3.42. The van der Waals surface area contributed by atoms with Crippen molar-refractivity contribution in [1.29, 1.82) is 0 Å². The molecule has 1 aliphatic carbocycles. The van der Waals surface area contributed by atoms with Crippen LogP contribution >= 0.6 is 0 Å². The van der Waals surface area contributed by atoms with Crippen LogP contribution in [0, 0.1) is 5.92 Å². The van der Waals surface area contributed by atoms with Gasteiger partial charge in [-0.2, -0.15) is 5.10 Å². The molecule has 1 unspecified atom stereocenters. The Morgan fingerprint density at radius 3 is 2.82 bits per heavy atom. The van der Waals surface area contributed by atoms with Crippen molar-refractivity contribution >= 4 is 17.5 Å². The first-order chi connectivity index (χ1) is 15.6. The molecule has 0 bridgehead atoms. The lowest BCUT2D eigenvalue weighted by Crippen LogP contribution is -2.42. The molecule has 1 aliphatic heterocycles. The lowest BCUT2D eigenvalue weighted by Gasteiger charge is -2.38. The lowest BCUT2D eigenvalue weighted by molar-refractivity contribution is -0.106. The molecular formula is C23H32N4O6. The number of hydrogen-bond acceptors (Lipinski definition) is 9. The number of nitrogens with zero attached hydrogens (tertiary/aromatic N) is 3. The summed E-state index contributed by atoms with van der Waals surface area (Å²) in [6.07, 6.45) is 1.29. The third-order valence-corrected chi connectivity index (χ3v) is 7.10. The quantitative estimate of drug-likeness (QED) is 0.453. The summed E-state index contributed by atoms with van der Waals surface area (Å²) >= 11 is 0. The van der Waals surface area contributed by atoms with Crippen LogP contribution < -0.4 is 5.73 Å². The van der Waals surface area contributed by atoms with E-state index in [0.29, 0.717) is 17.6 Å². The fourth-order valence-electron chi connectivity index (χ4n) is 4.70. The molecule has 4 N–H and O–H groups in total. The van der Waals surface area contributed by atoms with E-state index in [2.05, 4.69) is 23.1 Å². The van der Waals surface area contributed by atoms with Crippen LogP contribution in [0.15, 0.2) is 30.1 Å². The Labute approximate surface area is 192 Å². The Morgan fingerprint density at radius 2 is 2.15 bits per heavy atom. The second kappa shape index (κ2) is 8.58. The number of aromatic nitrogens is 3. The van der Waals surface area contributed by atoms with Gasteiger partial charge < -0.3 is 30.2 Å². The number of nitrogens with two attached hydrogens (primary N) is 1. The lowest BCUT2D eigenvalue weighted by atomic mass is 9.78. The van der Waals surface area contributed by atoms with Gasteiger partial charge in [0.15, 0.2) is 5.82 Å². The van der Waals surface area contributed by atoms with E-state index < -0.39 is 35.7 Å². The van der Waals surface area contributed by atoms with Crippen LogP contribution in [0.3, 0.4) is 0 Å². The molecule has 0 spiro atoms. The van der Waals surface area contributed by atoms with E-state index in [9.17, 15) is 15.0 Å². The first-order valence-corrected chi connectivity index (χ1v) is 11.2.